The number of aliphatic hydroxyl groups is 4. The molecule has 0 bridgehead atoms. The summed E-state index contributed by atoms with van der Waals surface area (Å²) in [6.45, 7) is 12.2. The normalized spacial score (nSPS) is 39.0. The Hall–Kier alpha value is -0.940. The van der Waals surface area contributed by atoms with Crippen molar-refractivity contribution in [2.24, 2.45) is 23.2 Å². The van der Waals surface area contributed by atoms with Crippen molar-refractivity contribution < 1.29 is 20.4 Å². The van der Waals surface area contributed by atoms with Gasteiger partial charge in [0.25, 0.3) is 0 Å². The summed E-state index contributed by atoms with van der Waals surface area (Å²) in [5.74, 6) is 1.74. The first kappa shape index (κ1) is 24.7. The van der Waals surface area contributed by atoms with E-state index in [0.29, 0.717) is 37.0 Å². The van der Waals surface area contributed by atoms with E-state index in [1.807, 2.05) is 0 Å². The van der Waals surface area contributed by atoms with Crippen LogP contribution >= 0.6 is 0 Å². The van der Waals surface area contributed by atoms with Crippen molar-refractivity contribution >= 4 is 0 Å². The highest BCUT2D eigenvalue weighted by Gasteiger charge is 2.50. The van der Waals surface area contributed by atoms with Gasteiger partial charge in [-0.15, -0.1) is 0 Å². The third-order valence-corrected chi connectivity index (χ3v) is 8.70. The minimum atomic E-state index is -1.04. The van der Waals surface area contributed by atoms with Crippen LogP contribution in [0.2, 0.25) is 0 Å². The van der Waals surface area contributed by atoms with Crippen molar-refractivity contribution in [3.63, 3.8) is 0 Å². The molecule has 4 nitrogen and oxygen atoms in total. The minimum absolute atomic E-state index is 0.282. The third kappa shape index (κ3) is 5.35. The Kier molecular flexibility index (Phi) is 7.57. The van der Waals surface area contributed by atoms with Crippen molar-refractivity contribution in [1.82, 2.24) is 0 Å². The highest BCUT2D eigenvalue weighted by Crippen LogP contribution is 2.60. The summed E-state index contributed by atoms with van der Waals surface area (Å²) in [5, 5.41) is 40.5. The van der Waals surface area contributed by atoms with E-state index in [0.717, 1.165) is 24.0 Å². The Morgan fingerprint density at radius 3 is 2.58 bits per heavy atom. The molecule has 0 aromatic heterocycles. The minimum Gasteiger partial charge on any atom is -0.393 e. The molecule has 0 spiro atoms. The fourth-order valence-corrected chi connectivity index (χ4v) is 6.65. The van der Waals surface area contributed by atoms with E-state index >= 15 is 0 Å². The van der Waals surface area contributed by atoms with Gasteiger partial charge in [-0.3, -0.25) is 0 Å². The zero-order chi connectivity index (χ0) is 23.0. The van der Waals surface area contributed by atoms with Crippen LogP contribution in [0.25, 0.3) is 0 Å². The highest BCUT2D eigenvalue weighted by atomic mass is 16.3. The van der Waals surface area contributed by atoms with Crippen molar-refractivity contribution in [1.29, 1.82) is 0 Å². The molecule has 3 aliphatic rings. The van der Waals surface area contributed by atoms with Gasteiger partial charge in [0, 0.05) is 6.42 Å². The molecule has 0 unspecified atom stereocenters. The number of fused-ring (bicyclic) bond motifs is 1. The zero-order valence-corrected chi connectivity index (χ0v) is 20.0. The van der Waals surface area contributed by atoms with E-state index in [-0.39, 0.29) is 5.41 Å². The van der Waals surface area contributed by atoms with Crippen LogP contribution in [0.1, 0.15) is 85.5 Å². The Morgan fingerprint density at radius 1 is 1.19 bits per heavy atom. The first-order chi connectivity index (χ1) is 14.4. The monoisotopic (exact) mass is 432 g/mol. The maximum Gasteiger partial charge on any atom is 0.0849 e. The Labute approximate surface area is 188 Å². The van der Waals surface area contributed by atoms with Gasteiger partial charge in [-0.25, -0.2) is 0 Å². The van der Waals surface area contributed by atoms with Crippen LogP contribution < -0.4 is 0 Å². The number of aliphatic hydroxyl groups excluding tert-OH is 3. The predicted molar refractivity (Wildman–Crippen MR) is 125 cm³/mol. The van der Waals surface area contributed by atoms with Crippen LogP contribution in [-0.2, 0) is 0 Å². The first-order valence-electron chi connectivity index (χ1n) is 12.3. The van der Waals surface area contributed by atoms with Gasteiger partial charge in [-0.05, 0) is 99.5 Å². The van der Waals surface area contributed by atoms with E-state index in [1.54, 1.807) is 13.8 Å². The van der Waals surface area contributed by atoms with Crippen LogP contribution in [0.5, 0.6) is 0 Å². The molecule has 31 heavy (non-hydrogen) atoms. The molecule has 0 saturated heterocycles. The lowest BCUT2D eigenvalue weighted by atomic mass is 9.60. The molecule has 0 amide bonds. The van der Waals surface area contributed by atoms with E-state index in [4.69, 9.17) is 0 Å². The molecular weight excluding hydrogens is 388 g/mol. The summed E-state index contributed by atoms with van der Waals surface area (Å²) in [7, 11) is 0. The molecule has 0 aromatic rings. The van der Waals surface area contributed by atoms with Gasteiger partial charge in [0.1, 0.15) is 0 Å². The SMILES string of the molecule is C=C1/C(=C\C=C2\CCC[C@@]3(C)[C@H]2CC[C@H]3[C@@H](C)CC[C@@H](O)C(C)(C)O)C[C@@H](O)C[C@@H]1O. The molecule has 0 radical (unpaired) electrons. The first-order valence-corrected chi connectivity index (χ1v) is 12.3. The number of allylic oxidation sites excluding steroid dienone is 3. The molecule has 3 saturated carbocycles. The quantitative estimate of drug-likeness (QED) is 0.491. The van der Waals surface area contributed by atoms with Gasteiger partial charge in [-0.1, -0.05) is 38.2 Å². The van der Waals surface area contributed by atoms with Crippen molar-refractivity contribution in [3.8, 4) is 0 Å². The average Bonchev–Trinajstić information content (AvgIpc) is 3.04. The molecule has 0 aromatic carbocycles. The summed E-state index contributed by atoms with van der Waals surface area (Å²) in [6, 6.07) is 0. The van der Waals surface area contributed by atoms with Crippen molar-refractivity contribution in [3.05, 3.63) is 35.5 Å². The Balaban J connectivity index is 1.71. The van der Waals surface area contributed by atoms with E-state index in [2.05, 4.69) is 32.6 Å². The maximum absolute atomic E-state index is 10.3. The topological polar surface area (TPSA) is 80.9 Å². The third-order valence-electron chi connectivity index (χ3n) is 8.70. The molecule has 3 rings (SSSR count). The fourth-order valence-electron chi connectivity index (χ4n) is 6.65. The molecule has 7 atom stereocenters. The summed E-state index contributed by atoms with van der Waals surface area (Å²) in [5.41, 5.74) is 2.48. The number of rotatable bonds is 6. The lowest BCUT2D eigenvalue weighted by Gasteiger charge is -2.44. The van der Waals surface area contributed by atoms with Crippen LogP contribution in [0.15, 0.2) is 35.5 Å². The van der Waals surface area contributed by atoms with Crippen LogP contribution in [0.4, 0.5) is 0 Å². The molecule has 4 N–H and O–H groups in total. The van der Waals surface area contributed by atoms with Gasteiger partial charge < -0.3 is 20.4 Å². The van der Waals surface area contributed by atoms with Crippen LogP contribution in [0.3, 0.4) is 0 Å². The van der Waals surface area contributed by atoms with Crippen LogP contribution in [-0.4, -0.2) is 44.3 Å². The summed E-state index contributed by atoms with van der Waals surface area (Å²) in [6.07, 6.45) is 11.1. The van der Waals surface area contributed by atoms with Gasteiger partial charge in [0.2, 0.25) is 0 Å². The fraction of sp³-hybridized carbons (Fsp3) is 0.778. The summed E-state index contributed by atoms with van der Waals surface area (Å²) in [4.78, 5) is 0. The van der Waals surface area contributed by atoms with Crippen molar-refractivity contribution in [2.75, 3.05) is 0 Å². The van der Waals surface area contributed by atoms with E-state index < -0.39 is 23.9 Å². The molecule has 0 aliphatic heterocycles. The maximum atomic E-state index is 10.3. The molecule has 3 aliphatic carbocycles. The summed E-state index contributed by atoms with van der Waals surface area (Å²) >= 11 is 0. The predicted octanol–water partition coefficient (Wildman–Crippen LogP) is 4.68. The molecule has 176 valence electrons. The molecule has 0 heterocycles. The van der Waals surface area contributed by atoms with Gasteiger partial charge in [0.15, 0.2) is 0 Å². The van der Waals surface area contributed by atoms with E-state index in [1.165, 1.54) is 31.3 Å². The van der Waals surface area contributed by atoms with Gasteiger partial charge in [-0.2, -0.15) is 0 Å². The molecule has 4 heteroatoms. The van der Waals surface area contributed by atoms with Gasteiger partial charge in [0.05, 0.1) is 23.9 Å². The Bertz CT molecular complexity index is 715. The Morgan fingerprint density at radius 2 is 1.90 bits per heavy atom. The largest absolute Gasteiger partial charge is 0.393 e. The second kappa shape index (κ2) is 9.51. The summed E-state index contributed by atoms with van der Waals surface area (Å²) < 4.78 is 0. The van der Waals surface area contributed by atoms with Crippen LogP contribution in [0, 0.1) is 23.2 Å². The lowest BCUT2D eigenvalue weighted by molar-refractivity contribution is -0.0554. The second-order valence-electron chi connectivity index (χ2n) is 11.4. The standard InChI is InChI=1S/C27H44O4/c1-17(8-13-25(30)26(3,4)31)22-11-12-23-19(7-6-14-27(22,23)5)9-10-20-15-21(28)16-24(29)18(20)2/h9-10,17,21-25,28-31H,2,6-8,11-16H2,1,3-5H3/b19-9-,20-10-/t17-,21+,22-,23-,24-,25+,27+/m0/s1. The van der Waals surface area contributed by atoms with E-state index in [9.17, 15) is 20.4 Å². The highest BCUT2D eigenvalue weighted by molar-refractivity contribution is 5.38. The smallest absolute Gasteiger partial charge is 0.0849 e. The van der Waals surface area contributed by atoms with Gasteiger partial charge >= 0.3 is 0 Å². The number of hydrogen-bond acceptors (Lipinski definition) is 4. The van der Waals surface area contributed by atoms with Crippen molar-refractivity contribution in [2.45, 2.75) is 109 Å². The number of hydrogen-bond donors (Lipinski definition) is 4. The second-order valence-corrected chi connectivity index (χ2v) is 11.4. The molecular formula is C27H44O4. The lowest BCUT2D eigenvalue weighted by Crippen LogP contribution is -2.38. The molecule has 3 fully saturated rings. The zero-order valence-electron chi connectivity index (χ0n) is 20.0. The average molecular weight is 433 g/mol.